The van der Waals surface area contributed by atoms with Crippen molar-refractivity contribution in [2.45, 2.75) is 12.9 Å². The van der Waals surface area contributed by atoms with Crippen molar-refractivity contribution < 1.29 is 36.9 Å². The van der Waals surface area contributed by atoms with Crippen LogP contribution in [-0.2, 0) is 6.54 Å². The SMILES string of the molecule is COc1ccc(CN2CCN(C(=O)c3ccc(OC(F)(F)F)cc3)CC2)c(OC)c1OC. The van der Waals surface area contributed by atoms with E-state index < -0.39 is 6.36 Å². The Hall–Kier alpha value is -3.14. The molecule has 0 N–H and O–H groups in total. The predicted molar refractivity (Wildman–Crippen MR) is 110 cm³/mol. The van der Waals surface area contributed by atoms with E-state index in [1.54, 1.807) is 26.2 Å². The third kappa shape index (κ3) is 5.56. The lowest BCUT2D eigenvalue weighted by Crippen LogP contribution is -2.48. The van der Waals surface area contributed by atoms with Gasteiger partial charge in [0.1, 0.15) is 5.75 Å². The fourth-order valence-electron chi connectivity index (χ4n) is 3.62. The fraction of sp³-hybridized carbons (Fsp3) is 0.409. The van der Waals surface area contributed by atoms with Crippen LogP contribution in [0.1, 0.15) is 15.9 Å². The van der Waals surface area contributed by atoms with E-state index in [9.17, 15) is 18.0 Å². The number of carbonyl (C=O) groups is 1. The lowest BCUT2D eigenvalue weighted by atomic mass is 10.1. The zero-order valence-electron chi connectivity index (χ0n) is 18.1. The molecule has 0 aromatic heterocycles. The Morgan fingerprint density at radius 3 is 2.03 bits per heavy atom. The highest BCUT2D eigenvalue weighted by atomic mass is 19.4. The van der Waals surface area contributed by atoms with Crippen molar-refractivity contribution in [3.05, 3.63) is 47.5 Å². The van der Waals surface area contributed by atoms with Gasteiger partial charge in [0.15, 0.2) is 11.5 Å². The number of carbonyl (C=O) groups excluding carboxylic acids is 1. The third-order valence-electron chi connectivity index (χ3n) is 5.17. The Kier molecular flexibility index (Phi) is 7.34. The molecule has 1 fully saturated rings. The van der Waals surface area contributed by atoms with Crippen LogP contribution in [0.2, 0.25) is 0 Å². The van der Waals surface area contributed by atoms with E-state index in [1.807, 2.05) is 12.1 Å². The molecular formula is C22H25F3N2O5. The molecule has 1 amide bonds. The van der Waals surface area contributed by atoms with Gasteiger partial charge in [-0.1, -0.05) is 6.07 Å². The first-order valence-corrected chi connectivity index (χ1v) is 9.91. The van der Waals surface area contributed by atoms with Gasteiger partial charge < -0.3 is 23.8 Å². The topological polar surface area (TPSA) is 60.5 Å². The lowest BCUT2D eigenvalue weighted by molar-refractivity contribution is -0.274. The summed E-state index contributed by atoms with van der Waals surface area (Å²) in [6.45, 7) is 2.87. The molecule has 0 saturated carbocycles. The average molecular weight is 454 g/mol. The minimum absolute atomic E-state index is 0.230. The second-order valence-corrected chi connectivity index (χ2v) is 7.13. The number of rotatable bonds is 7. The van der Waals surface area contributed by atoms with Crippen LogP contribution in [0, 0.1) is 0 Å². The number of ether oxygens (including phenoxy) is 4. The number of amides is 1. The van der Waals surface area contributed by atoms with E-state index >= 15 is 0 Å². The van der Waals surface area contributed by atoms with Crippen molar-refractivity contribution in [2.75, 3.05) is 47.5 Å². The number of hydrogen-bond acceptors (Lipinski definition) is 6. The number of hydrogen-bond donors (Lipinski definition) is 0. The maximum absolute atomic E-state index is 12.7. The van der Waals surface area contributed by atoms with Crippen molar-refractivity contribution in [2.24, 2.45) is 0 Å². The molecule has 3 rings (SSSR count). The zero-order valence-corrected chi connectivity index (χ0v) is 18.1. The molecule has 0 spiro atoms. The van der Waals surface area contributed by atoms with Crippen LogP contribution >= 0.6 is 0 Å². The summed E-state index contributed by atoms with van der Waals surface area (Å²) in [6, 6.07) is 8.69. The molecule has 0 bridgehead atoms. The fourth-order valence-corrected chi connectivity index (χ4v) is 3.62. The first-order chi connectivity index (χ1) is 15.3. The van der Waals surface area contributed by atoms with Crippen LogP contribution in [0.25, 0.3) is 0 Å². The van der Waals surface area contributed by atoms with Gasteiger partial charge >= 0.3 is 6.36 Å². The van der Waals surface area contributed by atoms with E-state index in [0.29, 0.717) is 55.5 Å². The highest BCUT2D eigenvalue weighted by Crippen LogP contribution is 2.40. The van der Waals surface area contributed by atoms with E-state index in [2.05, 4.69) is 9.64 Å². The maximum Gasteiger partial charge on any atom is 0.573 e. The van der Waals surface area contributed by atoms with Crippen LogP contribution in [0.5, 0.6) is 23.0 Å². The summed E-state index contributed by atoms with van der Waals surface area (Å²) in [7, 11) is 4.68. The smallest absolute Gasteiger partial charge is 0.493 e. The van der Waals surface area contributed by atoms with Crippen LogP contribution in [0.15, 0.2) is 36.4 Å². The van der Waals surface area contributed by atoms with Gasteiger partial charge in [-0.2, -0.15) is 0 Å². The Balaban J connectivity index is 1.60. The lowest BCUT2D eigenvalue weighted by Gasteiger charge is -2.35. The molecule has 2 aromatic rings. The van der Waals surface area contributed by atoms with Gasteiger partial charge in [0.25, 0.3) is 5.91 Å². The van der Waals surface area contributed by atoms with E-state index in [0.717, 1.165) is 17.7 Å². The van der Waals surface area contributed by atoms with Gasteiger partial charge in [0, 0.05) is 43.9 Å². The van der Waals surface area contributed by atoms with E-state index in [1.165, 1.54) is 12.1 Å². The molecule has 1 aliphatic rings. The van der Waals surface area contributed by atoms with Crippen LogP contribution in [0.3, 0.4) is 0 Å². The summed E-state index contributed by atoms with van der Waals surface area (Å²) in [5, 5.41) is 0. The van der Waals surface area contributed by atoms with Gasteiger partial charge in [-0.3, -0.25) is 9.69 Å². The third-order valence-corrected chi connectivity index (χ3v) is 5.17. The number of alkyl halides is 3. The molecule has 174 valence electrons. The quantitative estimate of drug-likeness (QED) is 0.638. The normalized spacial score (nSPS) is 14.8. The number of piperazine rings is 1. The molecule has 0 aliphatic carbocycles. The Morgan fingerprint density at radius 1 is 0.875 bits per heavy atom. The van der Waals surface area contributed by atoms with Crippen LogP contribution < -0.4 is 18.9 Å². The summed E-state index contributed by atoms with van der Waals surface area (Å²) >= 11 is 0. The van der Waals surface area contributed by atoms with Gasteiger partial charge in [0.05, 0.1) is 21.3 Å². The Morgan fingerprint density at radius 2 is 1.50 bits per heavy atom. The molecule has 2 aromatic carbocycles. The summed E-state index contributed by atoms with van der Waals surface area (Å²) in [5.74, 6) is 1.12. The van der Waals surface area contributed by atoms with Gasteiger partial charge in [-0.25, -0.2) is 0 Å². The molecule has 1 aliphatic heterocycles. The first-order valence-electron chi connectivity index (χ1n) is 9.91. The molecule has 0 atom stereocenters. The molecule has 1 saturated heterocycles. The largest absolute Gasteiger partial charge is 0.573 e. The summed E-state index contributed by atoms with van der Waals surface area (Å²) in [5.41, 5.74) is 1.25. The molecule has 1 heterocycles. The van der Waals surface area contributed by atoms with E-state index in [-0.39, 0.29) is 11.7 Å². The number of methoxy groups -OCH3 is 3. The minimum atomic E-state index is -4.77. The molecular weight excluding hydrogens is 429 g/mol. The predicted octanol–water partition coefficient (Wildman–Crippen LogP) is 3.57. The number of nitrogens with zero attached hydrogens (tertiary/aromatic N) is 2. The van der Waals surface area contributed by atoms with Gasteiger partial charge in [0.2, 0.25) is 5.75 Å². The second kappa shape index (κ2) is 9.99. The van der Waals surface area contributed by atoms with Gasteiger partial charge in [-0.05, 0) is 30.3 Å². The molecule has 10 heteroatoms. The molecule has 7 nitrogen and oxygen atoms in total. The molecule has 0 unspecified atom stereocenters. The van der Waals surface area contributed by atoms with Crippen molar-refractivity contribution >= 4 is 5.91 Å². The summed E-state index contributed by atoms with van der Waals surface area (Å²) < 4.78 is 57.0. The second-order valence-electron chi connectivity index (χ2n) is 7.13. The minimum Gasteiger partial charge on any atom is -0.493 e. The van der Waals surface area contributed by atoms with Crippen LogP contribution in [0.4, 0.5) is 13.2 Å². The molecule has 32 heavy (non-hydrogen) atoms. The number of benzene rings is 2. The van der Waals surface area contributed by atoms with Crippen molar-refractivity contribution in [3.8, 4) is 23.0 Å². The molecule has 0 radical (unpaired) electrons. The van der Waals surface area contributed by atoms with Crippen molar-refractivity contribution in [3.63, 3.8) is 0 Å². The van der Waals surface area contributed by atoms with Gasteiger partial charge in [-0.15, -0.1) is 13.2 Å². The van der Waals surface area contributed by atoms with Crippen molar-refractivity contribution in [1.82, 2.24) is 9.80 Å². The summed E-state index contributed by atoms with van der Waals surface area (Å²) in [4.78, 5) is 16.6. The average Bonchev–Trinajstić information content (AvgIpc) is 2.78. The maximum atomic E-state index is 12.7. The van der Waals surface area contributed by atoms with Crippen LogP contribution in [-0.4, -0.2) is 69.6 Å². The Labute approximate surface area is 184 Å². The monoisotopic (exact) mass is 454 g/mol. The van der Waals surface area contributed by atoms with E-state index in [4.69, 9.17) is 14.2 Å². The number of halogens is 3. The zero-order chi connectivity index (χ0) is 23.3. The highest BCUT2D eigenvalue weighted by molar-refractivity contribution is 5.94. The Bertz CT molecular complexity index is 926. The highest BCUT2D eigenvalue weighted by Gasteiger charge is 2.31. The standard InChI is InChI=1S/C22H25F3N2O5/c1-29-18-9-6-16(19(30-2)20(18)31-3)14-26-10-12-27(13-11-26)21(28)15-4-7-17(8-5-15)32-22(23,24)25/h4-9H,10-14H2,1-3H3. The first kappa shape index (κ1) is 23.5. The summed E-state index contributed by atoms with van der Waals surface area (Å²) in [6.07, 6.45) is -4.77. The van der Waals surface area contributed by atoms with Crippen molar-refractivity contribution in [1.29, 1.82) is 0 Å².